The number of aryl methyl sites for hydroxylation is 2. The molecule has 3 aromatic carbocycles. The highest BCUT2D eigenvalue weighted by molar-refractivity contribution is 7.94. The van der Waals surface area contributed by atoms with Gasteiger partial charge in [-0.1, -0.05) is 61.2 Å². The van der Waals surface area contributed by atoms with Gasteiger partial charge < -0.3 is 0 Å². The van der Waals surface area contributed by atoms with E-state index in [1.165, 1.54) is 4.90 Å². The van der Waals surface area contributed by atoms with Gasteiger partial charge in [-0.25, -0.2) is 13.2 Å². The second-order valence-corrected chi connectivity index (χ2v) is 9.10. The first-order valence-corrected chi connectivity index (χ1v) is 11.0. The Kier molecular flexibility index (Phi) is 4.95. The van der Waals surface area contributed by atoms with Crippen LogP contribution in [0.1, 0.15) is 22.3 Å². The lowest BCUT2D eigenvalue weighted by molar-refractivity contribution is 0.253. The van der Waals surface area contributed by atoms with Crippen molar-refractivity contribution in [3.05, 3.63) is 95.6 Å². The lowest BCUT2D eigenvalue weighted by Gasteiger charge is -2.37. The van der Waals surface area contributed by atoms with Crippen molar-refractivity contribution in [2.24, 2.45) is 0 Å². The van der Waals surface area contributed by atoms with Crippen molar-refractivity contribution < 1.29 is 13.2 Å². The molecule has 0 atom stereocenters. The number of benzene rings is 3. The van der Waals surface area contributed by atoms with E-state index in [-0.39, 0.29) is 11.4 Å². The number of sulfonamides is 1. The van der Waals surface area contributed by atoms with Crippen molar-refractivity contribution in [3.8, 4) is 0 Å². The maximum atomic E-state index is 13.6. The van der Waals surface area contributed by atoms with Crippen molar-refractivity contribution in [2.45, 2.75) is 25.3 Å². The van der Waals surface area contributed by atoms with E-state index >= 15 is 0 Å². The number of urea groups is 1. The summed E-state index contributed by atoms with van der Waals surface area (Å²) in [5.74, 6) is 0. The summed E-state index contributed by atoms with van der Waals surface area (Å²) >= 11 is 0. The van der Waals surface area contributed by atoms with E-state index in [0.717, 1.165) is 21.0 Å². The molecule has 3 aromatic rings. The number of nitrogens with zero attached hydrogens (tertiary/aromatic N) is 2. The quantitative estimate of drug-likeness (QED) is 0.579. The van der Waals surface area contributed by atoms with Crippen LogP contribution in [0.25, 0.3) is 6.08 Å². The molecular weight excluding hydrogens is 396 g/mol. The van der Waals surface area contributed by atoms with E-state index in [4.69, 9.17) is 0 Å². The summed E-state index contributed by atoms with van der Waals surface area (Å²) in [7, 11) is -4.03. The van der Waals surface area contributed by atoms with Gasteiger partial charge in [-0.15, -0.1) is 0 Å². The van der Waals surface area contributed by atoms with E-state index in [2.05, 4.69) is 6.58 Å². The largest absolute Gasteiger partial charge is 0.343 e. The fraction of sp³-hybridized carbons (Fsp3) is 0.125. The van der Waals surface area contributed by atoms with Crippen molar-refractivity contribution in [1.82, 2.24) is 0 Å². The minimum absolute atomic E-state index is 0.119. The van der Waals surface area contributed by atoms with Crippen LogP contribution >= 0.6 is 0 Å². The molecule has 1 aliphatic rings. The van der Waals surface area contributed by atoms with Gasteiger partial charge in [0.05, 0.1) is 17.9 Å². The maximum absolute atomic E-state index is 13.6. The summed E-state index contributed by atoms with van der Waals surface area (Å²) in [6, 6.07) is 19.2. The van der Waals surface area contributed by atoms with Crippen molar-refractivity contribution >= 4 is 33.5 Å². The Hall–Kier alpha value is -3.38. The van der Waals surface area contributed by atoms with E-state index in [1.807, 2.05) is 43.3 Å². The predicted octanol–water partition coefficient (Wildman–Crippen LogP) is 5.28. The molecule has 0 spiro atoms. The molecule has 152 valence electrons. The van der Waals surface area contributed by atoms with Crippen molar-refractivity contribution in [3.63, 3.8) is 0 Å². The van der Waals surface area contributed by atoms with Crippen LogP contribution in [0.3, 0.4) is 0 Å². The summed E-state index contributed by atoms with van der Waals surface area (Å²) < 4.78 is 27.8. The van der Waals surface area contributed by atoms with Gasteiger partial charge in [0.2, 0.25) is 0 Å². The maximum Gasteiger partial charge on any atom is 0.343 e. The third kappa shape index (κ3) is 3.29. The molecule has 1 aliphatic heterocycles. The van der Waals surface area contributed by atoms with Gasteiger partial charge >= 0.3 is 6.03 Å². The zero-order valence-corrected chi connectivity index (χ0v) is 17.7. The average molecular weight is 419 g/mol. The zero-order chi connectivity index (χ0) is 21.5. The number of carbonyl (C=O) groups excluding carboxylic acids is 1. The number of para-hydroxylation sites is 1. The first-order chi connectivity index (χ1) is 14.3. The molecular formula is C24H22N2O3S. The Morgan fingerprint density at radius 2 is 1.63 bits per heavy atom. The van der Waals surface area contributed by atoms with Crippen LogP contribution in [-0.2, 0) is 16.6 Å². The number of fused-ring (bicyclic) bond motifs is 1. The topological polar surface area (TPSA) is 57.7 Å². The normalized spacial score (nSPS) is 15.1. The molecule has 0 N–H and O–H groups in total. The summed E-state index contributed by atoms with van der Waals surface area (Å²) in [6.45, 7) is 7.68. The van der Waals surface area contributed by atoms with E-state index in [0.29, 0.717) is 16.9 Å². The second kappa shape index (κ2) is 7.46. The van der Waals surface area contributed by atoms with Gasteiger partial charge in [-0.05, 0) is 54.3 Å². The third-order valence-corrected chi connectivity index (χ3v) is 6.95. The highest BCUT2D eigenvalue weighted by atomic mass is 32.2. The third-order valence-electron chi connectivity index (χ3n) is 5.22. The number of amides is 2. The smallest absolute Gasteiger partial charge is 0.287 e. The van der Waals surface area contributed by atoms with Gasteiger partial charge in [0.1, 0.15) is 4.90 Å². The first-order valence-electron chi connectivity index (χ1n) is 9.57. The molecule has 0 unspecified atom stereocenters. The van der Waals surface area contributed by atoms with Crippen LogP contribution < -0.4 is 9.21 Å². The Balaban J connectivity index is 1.87. The molecule has 0 saturated heterocycles. The van der Waals surface area contributed by atoms with E-state index < -0.39 is 16.1 Å². The molecule has 0 saturated carbocycles. The summed E-state index contributed by atoms with van der Waals surface area (Å²) in [5.41, 5.74) is 4.22. The highest BCUT2D eigenvalue weighted by Gasteiger charge is 2.42. The lowest BCUT2D eigenvalue weighted by Crippen LogP contribution is -2.51. The summed E-state index contributed by atoms with van der Waals surface area (Å²) in [6.07, 6.45) is 1.75. The van der Waals surface area contributed by atoms with Crippen LogP contribution in [0.2, 0.25) is 0 Å². The predicted molar refractivity (Wildman–Crippen MR) is 120 cm³/mol. The molecule has 0 aromatic heterocycles. The van der Waals surface area contributed by atoms with E-state index in [9.17, 15) is 13.2 Å². The molecule has 30 heavy (non-hydrogen) atoms. The van der Waals surface area contributed by atoms with Crippen molar-refractivity contribution in [1.29, 1.82) is 0 Å². The molecule has 2 amide bonds. The van der Waals surface area contributed by atoms with Gasteiger partial charge in [0.25, 0.3) is 10.0 Å². The Bertz CT molecular complexity index is 1250. The van der Waals surface area contributed by atoms with Gasteiger partial charge in [0, 0.05) is 0 Å². The molecule has 6 heteroatoms. The van der Waals surface area contributed by atoms with Gasteiger partial charge in [-0.2, -0.15) is 4.31 Å². The number of carbonyl (C=O) groups is 1. The lowest BCUT2D eigenvalue weighted by atomic mass is 10.1. The summed E-state index contributed by atoms with van der Waals surface area (Å²) in [5, 5.41) is 0. The number of hydrogen-bond donors (Lipinski definition) is 0. The average Bonchev–Trinajstić information content (AvgIpc) is 2.74. The second-order valence-electron chi connectivity index (χ2n) is 7.34. The van der Waals surface area contributed by atoms with E-state index in [1.54, 1.807) is 43.3 Å². The fourth-order valence-corrected chi connectivity index (χ4v) is 5.23. The number of hydrogen-bond acceptors (Lipinski definition) is 3. The van der Waals surface area contributed by atoms with Crippen LogP contribution in [0, 0.1) is 13.8 Å². The van der Waals surface area contributed by atoms with Crippen LogP contribution in [-0.4, -0.2) is 14.4 Å². The molecule has 1 heterocycles. The van der Waals surface area contributed by atoms with Crippen molar-refractivity contribution in [2.75, 3.05) is 9.21 Å². The first kappa shape index (κ1) is 19.9. The fourth-order valence-electron chi connectivity index (χ4n) is 3.58. The Labute approximate surface area is 176 Å². The summed E-state index contributed by atoms with van der Waals surface area (Å²) in [4.78, 5) is 15.2. The SMILES string of the molecule is C=Cc1ccc(CN2C(=O)N(c3cc(C)ccc3C)S(=O)(=O)c3ccccc32)cc1. The molecule has 4 rings (SSSR count). The zero-order valence-electron chi connectivity index (χ0n) is 16.9. The molecule has 5 nitrogen and oxygen atoms in total. The standard InChI is InChI=1S/C24H22N2O3S/c1-4-19-11-13-20(14-12-19)16-25-21-7-5-6-8-23(21)30(28,29)26(24(25)27)22-15-17(2)9-10-18(22)3/h4-15H,1,16H2,2-3H3. The minimum Gasteiger partial charge on any atom is -0.287 e. The molecule has 0 aliphatic carbocycles. The van der Waals surface area contributed by atoms with Gasteiger partial charge in [-0.3, -0.25) is 4.90 Å². The van der Waals surface area contributed by atoms with Crippen LogP contribution in [0.5, 0.6) is 0 Å². The Morgan fingerprint density at radius 1 is 0.933 bits per heavy atom. The monoisotopic (exact) mass is 418 g/mol. The molecule has 0 bridgehead atoms. The number of anilines is 2. The number of rotatable bonds is 4. The van der Waals surface area contributed by atoms with Crippen LogP contribution in [0.4, 0.5) is 16.2 Å². The molecule has 0 radical (unpaired) electrons. The van der Waals surface area contributed by atoms with Gasteiger partial charge in [0.15, 0.2) is 0 Å². The minimum atomic E-state index is -4.03. The molecule has 0 fully saturated rings. The van der Waals surface area contributed by atoms with Crippen LogP contribution in [0.15, 0.2) is 78.2 Å². The Morgan fingerprint density at radius 3 is 2.33 bits per heavy atom. The highest BCUT2D eigenvalue weighted by Crippen LogP contribution is 2.39.